The lowest BCUT2D eigenvalue weighted by molar-refractivity contribution is 0.0136. The van der Waals surface area contributed by atoms with Gasteiger partial charge in [0.2, 0.25) is 0 Å². The van der Waals surface area contributed by atoms with E-state index >= 15 is 0 Å². The molecule has 7 nitrogen and oxygen atoms in total. The minimum atomic E-state index is -0.217. The van der Waals surface area contributed by atoms with E-state index in [0.717, 1.165) is 12.8 Å². The van der Waals surface area contributed by atoms with Crippen LogP contribution in [0.5, 0.6) is 0 Å². The van der Waals surface area contributed by atoms with Crippen LogP contribution in [0.15, 0.2) is 12.4 Å². The number of nitrogens with two attached hydrogens (primary N) is 1. The Kier molecular flexibility index (Phi) is 4.06. The van der Waals surface area contributed by atoms with E-state index in [0.29, 0.717) is 12.4 Å². The molecule has 0 bridgehead atoms. The molecule has 0 saturated carbocycles. The van der Waals surface area contributed by atoms with Gasteiger partial charge < -0.3 is 15.5 Å². The molecule has 2 unspecified atom stereocenters. The molecule has 2 atom stereocenters. The summed E-state index contributed by atoms with van der Waals surface area (Å²) in [5.41, 5.74) is 2.64. The topological polar surface area (TPSA) is 102 Å². The first kappa shape index (κ1) is 12.7. The highest BCUT2D eigenvalue weighted by Gasteiger charge is 2.21. The monoisotopic (exact) mass is 251 g/mol. The maximum absolute atomic E-state index is 11.9. The fraction of sp³-hybridized carbons (Fsp3) is 0.545. The Bertz CT molecular complexity index is 408. The highest BCUT2D eigenvalue weighted by molar-refractivity contribution is 5.92. The number of ether oxygens (including phenoxy) is 1. The summed E-state index contributed by atoms with van der Waals surface area (Å²) in [4.78, 5) is 19.8. The van der Waals surface area contributed by atoms with Crippen LogP contribution in [0.3, 0.4) is 0 Å². The minimum absolute atomic E-state index is 0.135. The number of hydrazine groups is 1. The Morgan fingerprint density at radius 3 is 2.94 bits per heavy atom. The molecule has 2 rings (SSSR count). The summed E-state index contributed by atoms with van der Waals surface area (Å²) in [6.45, 7) is 2.67. The van der Waals surface area contributed by atoms with Gasteiger partial charge in [-0.1, -0.05) is 0 Å². The number of aromatic nitrogens is 2. The SMILES string of the molecule is CC1CC(NC(=O)c2cnc(NN)cn2)CCO1. The predicted octanol–water partition coefficient (Wildman–Crippen LogP) is 0.0595. The Morgan fingerprint density at radius 1 is 1.50 bits per heavy atom. The fourth-order valence-electron chi connectivity index (χ4n) is 1.91. The molecule has 0 aliphatic carbocycles. The highest BCUT2D eigenvalue weighted by Crippen LogP contribution is 2.13. The first-order valence-corrected chi connectivity index (χ1v) is 5.90. The third-order valence-electron chi connectivity index (χ3n) is 2.85. The van der Waals surface area contributed by atoms with Gasteiger partial charge in [0.1, 0.15) is 5.69 Å². The van der Waals surface area contributed by atoms with Gasteiger partial charge >= 0.3 is 0 Å². The van der Waals surface area contributed by atoms with Crippen LogP contribution in [0.2, 0.25) is 0 Å². The van der Waals surface area contributed by atoms with Crippen LogP contribution in [-0.4, -0.2) is 34.6 Å². The van der Waals surface area contributed by atoms with Crippen molar-refractivity contribution in [3.8, 4) is 0 Å². The van der Waals surface area contributed by atoms with Gasteiger partial charge in [-0.05, 0) is 19.8 Å². The highest BCUT2D eigenvalue weighted by atomic mass is 16.5. The molecule has 98 valence electrons. The summed E-state index contributed by atoms with van der Waals surface area (Å²) in [7, 11) is 0. The van der Waals surface area contributed by atoms with Gasteiger partial charge in [-0.15, -0.1) is 0 Å². The van der Waals surface area contributed by atoms with Crippen LogP contribution < -0.4 is 16.6 Å². The van der Waals surface area contributed by atoms with E-state index in [1.807, 2.05) is 6.92 Å². The maximum atomic E-state index is 11.9. The quantitative estimate of drug-likeness (QED) is 0.518. The molecule has 0 spiro atoms. The van der Waals surface area contributed by atoms with Crippen molar-refractivity contribution in [1.82, 2.24) is 15.3 Å². The maximum Gasteiger partial charge on any atom is 0.271 e. The molecule has 1 fully saturated rings. The number of nitrogen functional groups attached to an aromatic ring is 1. The van der Waals surface area contributed by atoms with Crippen LogP contribution in [0.4, 0.5) is 5.82 Å². The van der Waals surface area contributed by atoms with Gasteiger partial charge in [0, 0.05) is 12.6 Å². The van der Waals surface area contributed by atoms with Crippen LogP contribution in [0, 0.1) is 0 Å². The zero-order valence-corrected chi connectivity index (χ0v) is 10.2. The molecule has 0 aromatic carbocycles. The number of nitrogens with zero attached hydrogens (tertiary/aromatic N) is 2. The lowest BCUT2D eigenvalue weighted by Gasteiger charge is -2.27. The van der Waals surface area contributed by atoms with E-state index < -0.39 is 0 Å². The molecule has 2 heterocycles. The first-order valence-electron chi connectivity index (χ1n) is 5.90. The number of nitrogens with one attached hydrogen (secondary N) is 2. The van der Waals surface area contributed by atoms with Crippen molar-refractivity contribution >= 4 is 11.7 Å². The second-order valence-corrected chi connectivity index (χ2v) is 4.31. The van der Waals surface area contributed by atoms with Gasteiger partial charge in [0.15, 0.2) is 5.82 Å². The van der Waals surface area contributed by atoms with Gasteiger partial charge in [-0.2, -0.15) is 0 Å². The van der Waals surface area contributed by atoms with E-state index in [2.05, 4.69) is 20.7 Å². The number of amides is 1. The second-order valence-electron chi connectivity index (χ2n) is 4.31. The Labute approximate surface area is 105 Å². The first-order chi connectivity index (χ1) is 8.69. The summed E-state index contributed by atoms with van der Waals surface area (Å²) in [6.07, 6.45) is 4.64. The summed E-state index contributed by atoms with van der Waals surface area (Å²) in [5, 5.41) is 2.93. The van der Waals surface area contributed by atoms with Crippen molar-refractivity contribution in [3.05, 3.63) is 18.1 Å². The van der Waals surface area contributed by atoms with E-state index in [9.17, 15) is 4.79 Å². The smallest absolute Gasteiger partial charge is 0.271 e. The standard InChI is InChI=1S/C11H17N5O2/c1-7-4-8(2-3-18-7)15-11(17)9-5-14-10(16-12)6-13-9/h5-8H,2-4,12H2,1H3,(H,14,16)(H,15,17). The molecule has 1 aliphatic heterocycles. The Hall–Kier alpha value is -1.73. The zero-order chi connectivity index (χ0) is 13.0. The van der Waals surface area contributed by atoms with Crippen molar-refractivity contribution < 1.29 is 9.53 Å². The average molecular weight is 251 g/mol. The Balaban J connectivity index is 1.94. The van der Waals surface area contributed by atoms with Crippen molar-refractivity contribution in [2.45, 2.75) is 31.9 Å². The third-order valence-corrected chi connectivity index (χ3v) is 2.85. The van der Waals surface area contributed by atoms with Gasteiger partial charge in [-0.25, -0.2) is 15.8 Å². The molecule has 1 saturated heterocycles. The third kappa shape index (κ3) is 3.14. The van der Waals surface area contributed by atoms with Crippen molar-refractivity contribution in [2.24, 2.45) is 5.84 Å². The predicted molar refractivity (Wildman–Crippen MR) is 65.7 cm³/mol. The molecule has 0 radical (unpaired) electrons. The number of hydrogen-bond acceptors (Lipinski definition) is 6. The van der Waals surface area contributed by atoms with Crippen LogP contribution in [-0.2, 0) is 4.74 Å². The van der Waals surface area contributed by atoms with Crippen molar-refractivity contribution in [1.29, 1.82) is 0 Å². The lowest BCUT2D eigenvalue weighted by atomic mass is 10.0. The normalized spacial score (nSPS) is 23.4. The van der Waals surface area contributed by atoms with Gasteiger partial charge in [0.25, 0.3) is 5.91 Å². The van der Waals surface area contributed by atoms with Gasteiger partial charge in [-0.3, -0.25) is 4.79 Å². The summed E-state index contributed by atoms with van der Waals surface area (Å²) in [6, 6.07) is 0.135. The largest absolute Gasteiger partial charge is 0.378 e. The van der Waals surface area contributed by atoms with Crippen LogP contribution in [0.1, 0.15) is 30.3 Å². The zero-order valence-electron chi connectivity index (χ0n) is 10.2. The number of rotatable bonds is 3. The molecule has 4 N–H and O–H groups in total. The molecule has 1 aliphatic rings. The summed E-state index contributed by atoms with van der Waals surface area (Å²) in [5.74, 6) is 5.38. The molecule has 1 amide bonds. The van der Waals surface area contributed by atoms with E-state index in [1.165, 1.54) is 12.4 Å². The minimum Gasteiger partial charge on any atom is -0.378 e. The van der Waals surface area contributed by atoms with Crippen molar-refractivity contribution in [2.75, 3.05) is 12.0 Å². The van der Waals surface area contributed by atoms with Crippen LogP contribution >= 0.6 is 0 Å². The molecular weight excluding hydrogens is 234 g/mol. The average Bonchev–Trinajstić information content (AvgIpc) is 2.39. The van der Waals surface area contributed by atoms with Crippen LogP contribution in [0.25, 0.3) is 0 Å². The fourth-order valence-corrected chi connectivity index (χ4v) is 1.91. The summed E-state index contributed by atoms with van der Waals surface area (Å²) >= 11 is 0. The number of hydrogen-bond donors (Lipinski definition) is 3. The second kappa shape index (κ2) is 5.74. The number of carbonyl (C=O) groups is 1. The number of carbonyl (C=O) groups excluding carboxylic acids is 1. The summed E-state index contributed by atoms with van der Waals surface area (Å²) < 4.78 is 5.42. The molecule has 1 aromatic rings. The molecule has 7 heteroatoms. The van der Waals surface area contributed by atoms with E-state index in [4.69, 9.17) is 10.6 Å². The Morgan fingerprint density at radius 2 is 2.33 bits per heavy atom. The van der Waals surface area contributed by atoms with Gasteiger partial charge in [0.05, 0.1) is 18.5 Å². The van der Waals surface area contributed by atoms with Crippen molar-refractivity contribution in [3.63, 3.8) is 0 Å². The lowest BCUT2D eigenvalue weighted by Crippen LogP contribution is -2.41. The van der Waals surface area contributed by atoms with E-state index in [1.54, 1.807) is 0 Å². The molecule has 18 heavy (non-hydrogen) atoms. The molecular formula is C11H17N5O2. The number of anilines is 1. The molecule has 1 aromatic heterocycles. The van der Waals surface area contributed by atoms with E-state index in [-0.39, 0.29) is 23.7 Å².